The summed E-state index contributed by atoms with van der Waals surface area (Å²) >= 11 is 0. The van der Waals surface area contributed by atoms with Gasteiger partial charge in [0.05, 0.1) is 17.8 Å². The Balaban J connectivity index is 1.72. The van der Waals surface area contributed by atoms with E-state index in [4.69, 9.17) is 9.15 Å². The fourth-order valence-corrected chi connectivity index (χ4v) is 4.45. The third-order valence-corrected chi connectivity index (χ3v) is 6.30. The summed E-state index contributed by atoms with van der Waals surface area (Å²) < 4.78 is 10.5. The molecule has 1 aromatic carbocycles. The standard InChI is InChI=1S/C24H30N2O7/c1-32-12-9-17(21(27)28)14-24(10-5-6-11-24)23(31)26-18(22(29)30)13-20-25-19(15-33-20)16-7-3-2-4-8-16/h2-4,7-8,15,17-18H,5-6,9-14H2,1H3,(H,26,31)(H,27,28)(H,29,30)/t17-,18+/m1/s1. The second-order valence-corrected chi connectivity index (χ2v) is 8.57. The Morgan fingerprint density at radius 3 is 2.45 bits per heavy atom. The lowest BCUT2D eigenvalue weighted by atomic mass is 9.75. The monoisotopic (exact) mass is 458 g/mol. The van der Waals surface area contributed by atoms with Crippen molar-refractivity contribution in [2.75, 3.05) is 13.7 Å². The summed E-state index contributed by atoms with van der Waals surface area (Å²) in [4.78, 5) is 41.3. The maximum atomic E-state index is 13.3. The Kier molecular flexibility index (Phi) is 8.21. The maximum Gasteiger partial charge on any atom is 0.326 e. The van der Waals surface area contributed by atoms with Crippen LogP contribution in [0.3, 0.4) is 0 Å². The number of methoxy groups -OCH3 is 1. The summed E-state index contributed by atoms with van der Waals surface area (Å²) in [6.45, 7) is 0.278. The number of aliphatic carboxylic acids is 2. The molecular weight excluding hydrogens is 428 g/mol. The average Bonchev–Trinajstić information content (AvgIpc) is 3.47. The molecule has 1 aliphatic carbocycles. The van der Waals surface area contributed by atoms with Crippen molar-refractivity contribution in [1.29, 1.82) is 0 Å². The average molecular weight is 459 g/mol. The van der Waals surface area contributed by atoms with Gasteiger partial charge in [-0.15, -0.1) is 0 Å². The number of carboxylic acid groups (broad SMARTS) is 2. The van der Waals surface area contributed by atoms with E-state index in [2.05, 4.69) is 10.3 Å². The summed E-state index contributed by atoms with van der Waals surface area (Å²) in [7, 11) is 1.50. The number of carbonyl (C=O) groups is 3. The molecule has 2 aromatic rings. The highest BCUT2D eigenvalue weighted by atomic mass is 16.5. The number of benzene rings is 1. The molecule has 0 spiro atoms. The minimum absolute atomic E-state index is 0.115. The fraction of sp³-hybridized carbons (Fsp3) is 0.500. The first-order chi connectivity index (χ1) is 15.8. The lowest BCUT2D eigenvalue weighted by Gasteiger charge is -2.31. The molecular formula is C24H30N2O7. The van der Waals surface area contributed by atoms with Crippen molar-refractivity contribution in [2.45, 2.75) is 51.0 Å². The molecule has 0 saturated heterocycles. The van der Waals surface area contributed by atoms with Crippen LogP contribution in [0.4, 0.5) is 0 Å². The van der Waals surface area contributed by atoms with Gasteiger partial charge in [0.25, 0.3) is 0 Å². The number of nitrogens with one attached hydrogen (secondary N) is 1. The molecule has 3 N–H and O–H groups in total. The number of carbonyl (C=O) groups excluding carboxylic acids is 1. The van der Waals surface area contributed by atoms with Crippen LogP contribution in [0.1, 0.15) is 44.4 Å². The highest BCUT2D eigenvalue weighted by Crippen LogP contribution is 2.44. The number of rotatable bonds is 12. The molecule has 1 amide bonds. The smallest absolute Gasteiger partial charge is 0.326 e. The minimum Gasteiger partial charge on any atom is -0.481 e. The highest BCUT2D eigenvalue weighted by Gasteiger charge is 2.45. The SMILES string of the molecule is COCC[C@H](CC1(C(=O)N[C@@H](Cc2nc(-c3ccccc3)co2)C(=O)O)CCCC1)C(=O)O. The topological polar surface area (TPSA) is 139 Å². The number of hydrogen-bond acceptors (Lipinski definition) is 6. The van der Waals surface area contributed by atoms with Crippen molar-refractivity contribution in [3.63, 3.8) is 0 Å². The van der Waals surface area contributed by atoms with Crippen LogP contribution in [0.15, 0.2) is 41.0 Å². The summed E-state index contributed by atoms with van der Waals surface area (Å²) in [5.41, 5.74) is 0.510. The minimum atomic E-state index is -1.24. The third-order valence-electron chi connectivity index (χ3n) is 6.30. The largest absolute Gasteiger partial charge is 0.481 e. The van der Waals surface area contributed by atoms with E-state index >= 15 is 0 Å². The lowest BCUT2D eigenvalue weighted by molar-refractivity contribution is -0.147. The van der Waals surface area contributed by atoms with Gasteiger partial charge < -0.3 is 24.7 Å². The Hall–Kier alpha value is -3.20. The van der Waals surface area contributed by atoms with Crippen molar-refractivity contribution in [3.8, 4) is 11.3 Å². The predicted molar refractivity (Wildman–Crippen MR) is 118 cm³/mol. The Bertz CT molecular complexity index is 951. The van der Waals surface area contributed by atoms with Crippen LogP contribution in [0, 0.1) is 11.3 Å². The molecule has 3 rings (SSSR count). The summed E-state index contributed by atoms with van der Waals surface area (Å²) in [6.07, 6.45) is 4.43. The summed E-state index contributed by atoms with van der Waals surface area (Å²) in [6, 6.07) is 8.10. The summed E-state index contributed by atoms with van der Waals surface area (Å²) in [5, 5.41) is 22.0. The van der Waals surface area contributed by atoms with Crippen LogP contribution in [0.25, 0.3) is 11.3 Å². The molecule has 0 radical (unpaired) electrons. The molecule has 1 aliphatic rings. The number of oxazole rings is 1. The predicted octanol–water partition coefficient (Wildman–Crippen LogP) is 3.14. The van der Waals surface area contributed by atoms with E-state index in [0.717, 1.165) is 18.4 Å². The Morgan fingerprint density at radius 1 is 1.15 bits per heavy atom. The maximum absolute atomic E-state index is 13.3. The van der Waals surface area contributed by atoms with Crippen LogP contribution in [-0.4, -0.2) is 52.8 Å². The van der Waals surface area contributed by atoms with Gasteiger partial charge in [0.15, 0.2) is 5.89 Å². The highest BCUT2D eigenvalue weighted by molar-refractivity contribution is 5.88. The first-order valence-electron chi connectivity index (χ1n) is 11.1. The van der Waals surface area contributed by atoms with Crippen LogP contribution >= 0.6 is 0 Å². The first kappa shape index (κ1) is 24.4. The normalized spacial score (nSPS) is 16.8. The van der Waals surface area contributed by atoms with E-state index in [1.165, 1.54) is 13.4 Å². The molecule has 1 saturated carbocycles. The molecule has 1 heterocycles. The Morgan fingerprint density at radius 2 is 1.85 bits per heavy atom. The van der Waals surface area contributed by atoms with Crippen LogP contribution in [-0.2, 0) is 25.5 Å². The van der Waals surface area contributed by atoms with E-state index in [9.17, 15) is 24.6 Å². The van der Waals surface area contributed by atoms with Gasteiger partial charge in [-0.1, -0.05) is 43.2 Å². The van der Waals surface area contributed by atoms with E-state index in [1.807, 2.05) is 30.3 Å². The van der Waals surface area contributed by atoms with Crippen molar-refractivity contribution >= 4 is 17.8 Å². The second kappa shape index (κ2) is 11.1. The van der Waals surface area contributed by atoms with Gasteiger partial charge in [0.2, 0.25) is 5.91 Å². The quantitative estimate of drug-likeness (QED) is 0.441. The lowest BCUT2D eigenvalue weighted by Crippen LogP contribution is -2.49. The van der Waals surface area contributed by atoms with Crippen molar-refractivity contribution in [2.24, 2.45) is 11.3 Å². The zero-order chi connectivity index (χ0) is 23.8. The zero-order valence-electron chi connectivity index (χ0n) is 18.7. The van der Waals surface area contributed by atoms with Crippen molar-refractivity contribution in [1.82, 2.24) is 10.3 Å². The van der Waals surface area contributed by atoms with Gasteiger partial charge in [-0.05, 0) is 25.7 Å². The number of ether oxygens (including phenoxy) is 1. The van der Waals surface area contributed by atoms with Crippen LogP contribution in [0.2, 0.25) is 0 Å². The number of carboxylic acids is 2. The van der Waals surface area contributed by atoms with Gasteiger partial charge in [0.1, 0.15) is 18.0 Å². The molecule has 0 aliphatic heterocycles. The van der Waals surface area contributed by atoms with Crippen LogP contribution < -0.4 is 5.32 Å². The third kappa shape index (κ3) is 6.19. The van der Waals surface area contributed by atoms with Gasteiger partial charge >= 0.3 is 11.9 Å². The molecule has 9 nitrogen and oxygen atoms in total. The zero-order valence-corrected chi connectivity index (χ0v) is 18.7. The number of aromatic nitrogens is 1. The molecule has 2 atom stereocenters. The Labute approximate surface area is 192 Å². The fourth-order valence-electron chi connectivity index (χ4n) is 4.45. The molecule has 0 bridgehead atoms. The van der Waals surface area contributed by atoms with Crippen molar-refractivity contribution < 1.29 is 33.8 Å². The van der Waals surface area contributed by atoms with E-state index < -0.39 is 35.2 Å². The van der Waals surface area contributed by atoms with Crippen LogP contribution in [0.5, 0.6) is 0 Å². The molecule has 1 fully saturated rings. The van der Waals surface area contributed by atoms with Gasteiger partial charge in [-0.2, -0.15) is 0 Å². The van der Waals surface area contributed by atoms with E-state index in [1.54, 1.807) is 0 Å². The first-order valence-corrected chi connectivity index (χ1v) is 11.1. The molecule has 178 valence electrons. The van der Waals surface area contributed by atoms with Crippen molar-refractivity contribution in [3.05, 3.63) is 42.5 Å². The molecule has 1 aromatic heterocycles. The molecule has 33 heavy (non-hydrogen) atoms. The van der Waals surface area contributed by atoms with E-state index in [-0.39, 0.29) is 25.3 Å². The number of nitrogens with zero attached hydrogens (tertiary/aromatic N) is 1. The van der Waals surface area contributed by atoms with E-state index in [0.29, 0.717) is 25.0 Å². The number of amides is 1. The van der Waals surface area contributed by atoms with Gasteiger partial charge in [-0.3, -0.25) is 9.59 Å². The van der Waals surface area contributed by atoms with Gasteiger partial charge in [-0.25, -0.2) is 9.78 Å². The summed E-state index contributed by atoms with van der Waals surface area (Å²) in [5.74, 6) is -3.15. The molecule has 0 unspecified atom stereocenters. The number of hydrogen-bond donors (Lipinski definition) is 3. The van der Waals surface area contributed by atoms with Gasteiger partial charge in [0, 0.05) is 19.3 Å². The molecule has 9 heteroatoms. The second-order valence-electron chi connectivity index (χ2n) is 8.57.